The normalized spacial score (nSPS) is 14.7. The third-order valence-electron chi connectivity index (χ3n) is 7.27. The number of hydrogen-bond donors (Lipinski definition) is 1. The number of ether oxygens (including phenoxy) is 1. The van der Waals surface area contributed by atoms with E-state index in [-0.39, 0.29) is 24.3 Å². The number of carbonyl (C=O) groups excluding carboxylic acids is 1. The van der Waals surface area contributed by atoms with Gasteiger partial charge in [0.05, 0.1) is 6.54 Å². The molecule has 0 aliphatic heterocycles. The molecule has 1 aliphatic carbocycles. The molecule has 38 heavy (non-hydrogen) atoms. The van der Waals surface area contributed by atoms with Crippen LogP contribution in [0.15, 0.2) is 78.9 Å². The van der Waals surface area contributed by atoms with Crippen LogP contribution in [0.3, 0.4) is 0 Å². The highest BCUT2D eigenvalue weighted by molar-refractivity contribution is 5.87. The molecule has 0 spiro atoms. The van der Waals surface area contributed by atoms with Crippen LogP contribution in [0.4, 0.5) is 4.39 Å². The molecule has 0 saturated heterocycles. The number of fused-ring (bicyclic) bond motifs is 3. The number of aryl methyl sites for hydroxylation is 1. The molecule has 0 fully saturated rings. The summed E-state index contributed by atoms with van der Waals surface area (Å²) < 4.78 is 22.0. The van der Waals surface area contributed by atoms with E-state index in [4.69, 9.17) is 4.74 Å². The van der Waals surface area contributed by atoms with Gasteiger partial charge in [0.15, 0.2) is 0 Å². The van der Waals surface area contributed by atoms with Crippen molar-refractivity contribution in [3.63, 3.8) is 0 Å². The van der Waals surface area contributed by atoms with Crippen molar-refractivity contribution in [2.45, 2.75) is 44.7 Å². The van der Waals surface area contributed by atoms with Crippen LogP contribution in [0, 0.1) is 5.82 Å². The van der Waals surface area contributed by atoms with Gasteiger partial charge in [-0.25, -0.2) is 4.39 Å². The van der Waals surface area contributed by atoms with Crippen LogP contribution in [0.1, 0.15) is 29.7 Å². The molecule has 4 aromatic rings. The second kappa shape index (κ2) is 11.5. The van der Waals surface area contributed by atoms with Crippen LogP contribution >= 0.6 is 0 Å². The minimum Gasteiger partial charge on any atom is -0.492 e. The Kier molecular flexibility index (Phi) is 7.73. The molecule has 1 heterocycles. The van der Waals surface area contributed by atoms with E-state index in [0.717, 1.165) is 28.0 Å². The van der Waals surface area contributed by atoms with Crippen molar-refractivity contribution in [1.82, 2.24) is 9.47 Å². The maximum Gasteiger partial charge on any atom is 0.323 e. The number of amides is 1. The van der Waals surface area contributed by atoms with Crippen LogP contribution in [0.5, 0.6) is 5.75 Å². The van der Waals surface area contributed by atoms with Crippen LogP contribution in [-0.2, 0) is 35.4 Å². The van der Waals surface area contributed by atoms with Crippen molar-refractivity contribution in [3.8, 4) is 5.75 Å². The predicted molar refractivity (Wildman–Crippen MR) is 144 cm³/mol. The summed E-state index contributed by atoms with van der Waals surface area (Å²) >= 11 is 0. The van der Waals surface area contributed by atoms with Crippen molar-refractivity contribution in [2.75, 3.05) is 13.2 Å². The number of aliphatic carboxylic acids is 1. The Labute approximate surface area is 221 Å². The number of aromatic nitrogens is 1. The molecule has 1 N–H and O–H groups in total. The molecule has 0 saturated carbocycles. The first-order valence-electron chi connectivity index (χ1n) is 13.0. The molecule has 1 aromatic heterocycles. The standard InChI is InChI=1S/C31H31FN2O4/c32-23-12-14-28-26(19-23)27-20-24(13-15-29(27)34(28)21-31(36)37)33(17-18-38-25-9-5-2-6-10-25)30(35)16-11-22-7-3-1-4-8-22/h1-10,12,14,19,24H,11,13,15-18,20-21H2,(H,36,37)/t24-/m0/s1. The summed E-state index contributed by atoms with van der Waals surface area (Å²) in [7, 11) is 0. The van der Waals surface area contributed by atoms with Crippen molar-refractivity contribution < 1.29 is 23.8 Å². The van der Waals surface area contributed by atoms with Crippen molar-refractivity contribution in [1.29, 1.82) is 0 Å². The number of carboxylic acids is 1. The number of rotatable bonds is 10. The lowest BCUT2D eigenvalue weighted by atomic mass is 9.90. The number of para-hydroxylation sites is 1. The van der Waals surface area contributed by atoms with Crippen LogP contribution in [0.25, 0.3) is 10.9 Å². The molecule has 0 unspecified atom stereocenters. The first-order chi connectivity index (χ1) is 18.5. The van der Waals surface area contributed by atoms with Gasteiger partial charge >= 0.3 is 5.97 Å². The molecule has 1 atom stereocenters. The van der Waals surface area contributed by atoms with E-state index in [0.29, 0.717) is 50.8 Å². The van der Waals surface area contributed by atoms with Gasteiger partial charge in [-0.3, -0.25) is 9.59 Å². The van der Waals surface area contributed by atoms with Crippen LogP contribution in [0.2, 0.25) is 0 Å². The van der Waals surface area contributed by atoms with E-state index < -0.39 is 5.97 Å². The minimum atomic E-state index is -0.938. The number of carboxylic acid groups (broad SMARTS) is 1. The van der Waals surface area contributed by atoms with Gasteiger partial charge in [-0.1, -0.05) is 48.5 Å². The lowest BCUT2D eigenvalue weighted by molar-refractivity contribution is -0.137. The SMILES string of the molecule is O=C(O)Cn1c2c(c3cc(F)ccc31)C[C@@H](N(CCOc1ccccc1)C(=O)CCc1ccccc1)CC2. The average Bonchev–Trinajstić information content (AvgIpc) is 3.22. The smallest absolute Gasteiger partial charge is 0.323 e. The van der Waals surface area contributed by atoms with Crippen LogP contribution in [-0.4, -0.2) is 45.6 Å². The van der Waals surface area contributed by atoms with Gasteiger partial charge in [-0.15, -0.1) is 0 Å². The lowest BCUT2D eigenvalue weighted by Gasteiger charge is -2.35. The fraction of sp³-hybridized carbons (Fsp3) is 0.290. The highest BCUT2D eigenvalue weighted by atomic mass is 19.1. The zero-order chi connectivity index (χ0) is 26.5. The van der Waals surface area contributed by atoms with Crippen LogP contribution < -0.4 is 4.74 Å². The number of carbonyl (C=O) groups is 2. The third-order valence-corrected chi connectivity index (χ3v) is 7.27. The highest BCUT2D eigenvalue weighted by Crippen LogP contribution is 2.34. The monoisotopic (exact) mass is 514 g/mol. The molecular weight excluding hydrogens is 483 g/mol. The topological polar surface area (TPSA) is 71.8 Å². The molecule has 196 valence electrons. The molecule has 5 rings (SSSR count). The maximum absolute atomic E-state index is 14.2. The summed E-state index contributed by atoms with van der Waals surface area (Å²) in [5.74, 6) is -0.490. The Morgan fingerprint density at radius 1 is 1.03 bits per heavy atom. The summed E-state index contributed by atoms with van der Waals surface area (Å²) in [5, 5.41) is 10.2. The largest absolute Gasteiger partial charge is 0.492 e. The van der Waals surface area contributed by atoms with Gasteiger partial charge in [0.1, 0.15) is 24.7 Å². The van der Waals surface area contributed by atoms with Gasteiger partial charge in [0.2, 0.25) is 5.91 Å². The predicted octanol–water partition coefficient (Wildman–Crippen LogP) is 5.26. The first-order valence-corrected chi connectivity index (χ1v) is 13.0. The summed E-state index contributed by atoms with van der Waals surface area (Å²) in [5.41, 5.74) is 3.68. The molecule has 0 radical (unpaired) electrons. The van der Waals surface area contributed by atoms with E-state index in [9.17, 15) is 19.1 Å². The quantitative estimate of drug-likeness (QED) is 0.313. The van der Waals surface area contributed by atoms with Gasteiger partial charge in [0.25, 0.3) is 0 Å². The summed E-state index contributed by atoms with van der Waals surface area (Å²) in [4.78, 5) is 27.1. The van der Waals surface area contributed by atoms with E-state index in [2.05, 4.69) is 0 Å². The number of halogens is 1. The fourth-order valence-electron chi connectivity index (χ4n) is 5.51. The van der Waals surface area contributed by atoms with Crippen molar-refractivity contribution >= 4 is 22.8 Å². The molecule has 6 nitrogen and oxygen atoms in total. The average molecular weight is 515 g/mol. The number of hydrogen-bond acceptors (Lipinski definition) is 3. The summed E-state index contributed by atoms with van der Waals surface area (Å²) in [6.45, 7) is 0.622. The zero-order valence-electron chi connectivity index (χ0n) is 21.2. The number of nitrogens with zero attached hydrogens (tertiary/aromatic N) is 2. The summed E-state index contributed by atoms with van der Waals surface area (Å²) in [6, 6.07) is 23.9. The van der Waals surface area contributed by atoms with E-state index in [1.165, 1.54) is 12.1 Å². The number of benzene rings is 3. The Hall–Kier alpha value is -4.13. The molecule has 1 aliphatic rings. The molecule has 1 amide bonds. The molecule has 3 aromatic carbocycles. The Bertz CT molecular complexity index is 1420. The maximum atomic E-state index is 14.2. The summed E-state index contributed by atoms with van der Waals surface area (Å²) in [6.07, 6.45) is 2.90. The Balaban J connectivity index is 1.39. The van der Waals surface area contributed by atoms with Gasteiger partial charge in [-0.05, 0) is 67.1 Å². The second-order valence-corrected chi connectivity index (χ2v) is 9.70. The third kappa shape index (κ3) is 5.72. The fourth-order valence-corrected chi connectivity index (χ4v) is 5.51. The lowest BCUT2D eigenvalue weighted by Crippen LogP contribution is -2.45. The van der Waals surface area contributed by atoms with Gasteiger partial charge in [-0.2, -0.15) is 0 Å². The molecule has 0 bridgehead atoms. The molecule has 7 heteroatoms. The van der Waals surface area contributed by atoms with Crippen molar-refractivity contribution in [2.24, 2.45) is 0 Å². The zero-order valence-corrected chi connectivity index (χ0v) is 21.2. The second-order valence-electron chi connectivity index (χ2n) is 9.70. The Morgan fingerprint density at radius 3 is 2.50 bits per heavy atom. The van der Waals surface area contributed by atoms with E-state index in [1.54, 1.807) is 10.6 Å². The molecular formula is C31H31FN2O4. The van der Waals surface area contributed by atoms with E-state index >= 15 is 0 Å². The first kappa shape index (κ1) is 25.5. The van der Waals surface area contributed by atoms with E-state index in [1.807, 2.05) is 65.6 Å². The highest BCUT2D eigenvalue weighted by Gasteiger charge is 2.31. The Morgan fingerprint density at radius 2 is 1.76 bits per heavy atom. The minimum absolute atomic E-state index is 0.0550. The van der Waals surface area contributed by atoms with Gasteiger partial charge < -0.3 is 19.3 Å². The van der Waals surface area contributed by atoms with Crippen molar-refractivity contribution in [3.05, 3.63) is 102 Å². The van der Waals surface area contributed by atoms with Gasteiger partial charge in [0, 0.05) is 29.1 Å².